The summed E-state index contributed by atoms with van der Waals surface area (Å²) in [5.41, 5.74) is -1.69. The fraction of sp³-hybridized carbons (Fsp3) is 0.231. The van der Waals surface area contributed by atoms with E-state index in [1.165, 1.54) is 6.92 Å². The van der Waals surface area contributed by atoms with Crippen LogP contribution in [0, 0.1) is 10.1 Å². The minimum Gasteiger partial charge on any atom is -0.510 e. The first-order chi connectivity index (χ1) is 10.8. The number of carbonyl (C=O) groups is 2. The molecule has 0 aliphatic rings. The molecule has 1 aromatic carbocycles. The second kappa shape index (κ2) is 7.64. The lowest BCUT2D eigenvalue weighted by Gasteiger charge is -2.02. The Balaban J connectivity index is 3.26. The maximum absolute atomic E-state index is 11.6. The summed E-state index contributed by atoms with van der Waals surface area (Å²) >= 11 is 0. The zero-order valence-corrected chi connectivity index (χ0v) is 12.2. The highest BCUT2D eigenvalue weighted by Gasteiger charge is 2.19. The van der Waals surface area contributed by atoms with E-state index in [9.17, 15) is 24.8 Å². The van der Waals surface area contributed by atoms with Gasteiger partial charge in [0.05, 0.1) is 17.1 Å². The summed E-state index contributed by atoms with van der Waals surface area (Å²) in [4.78, 5) is 32.5. The number of carboxylic acid groups (broad SMARTS) is 1. The predicted octanol–water partition coefficient (Wildman–Crippen LogP) is 2.73. The summed E-state index contributed by atoms with van der Waals surface area (Å²) in [6.07, 6.45) is 0. The Bertz CT molecular complexity index is 706. The molecule has 1 rings (SSSR count). The Morgan fingerprint density at radius 2 is 2.00 bits per heavy atom. The quantitative estimate of drug-likeness (QED) is 0.204. The largest absolute Gasteiger partial charge is 0.510 e. The van der Waals surface area contributed by atoms with Gasteiger partial charge in [-0.1, -0.05) is 0 Å². The third-order valence-electron chi connectivity index (χ3n) is 2.49. The number of nitro benzene ring substituents is 1. The van der Waals surface area contributed by atoms with Crippen molar-refractivity contribution < 1.29 is 29.5 Å². The average molecular weight is 323 g/mol. The van der Waals surface area contributed by atoms with Crippen LogP contribution in [-0.2, 0) is 9.53 Å². The van der Waals surface area contributed by atoms with Crippen LogP contribution in [-0.4, -0.2) is 33.7 Å². The van der Waals surface area contributed by atoms with E-state index >= 15 is 0 Å². The number of allylic oxidation sites excluding steroid dienone is 1. The van der Waals surface area contributed by atoms with E-state index in [-0.39, 0.29) is 17.9 Å². The molecule has 0 aliphatic carbocycles. The number of azo groups is 1. The van der Waals surface area contributed by atoms with Gasteiger partial charge in [0.15, 0.2) is 5.69 Å². The van der Waals surface area contributed by atoms with Crippen molar-refractivity contribution in [2.45, 2.75) is 13.8 Å². The van der Waals surface area contributed by atoms with Crippen LogP contribution in [0.2, 0.25) is 0 Å². The molecule has 0 spiro atoms. The second-order valence-corrected chi connectivity index (χ2v) is 4.12. The molecular formula is C13H13N3O7. The number of carboxylic acids is 1. The minimum absolute atomic E-state index is 0.0403. The summed E-state index contributed by atoms with van der Waals surface area (Å²) in [5, 5.41) is 36.2. The molecule has 1 aromatic rings. The van der Waals surface area contributed by atoms with Crippen molar-refractivity contribution in [3.63, 3.8) is 0 Å². The maximum atomic E-state index is 11.6. The summed E-state index contributed by atoms with van der Waals surface area (Å²) in [6.45, 7) is 2.76. The summed E-state index contributed by atoms with van der Waals surface area (Å²) in [7, 11) is 0. The van der Waals surface area contributed by atoms with Gasteiger partial charge in [-0.15, -0.1) is 10.2 Å². The normalized spacial score (nSPS) is 11.9. The van der Waals surface area contributed by atoms with Gasteiger partial charge in [-0.2, -0.15) is 0 Å². The number of rotatable bonds is 6. The molecule has 0 aliphatic heterocycles. The van der Waals surface area contributed by atoms with E-state index in [4.69, 9.17) is 5.11 Å². The minimum atomic E-state index is -1.34. The second-order valence-electron chi connectivity index (χ2n) is 4.12. The topological polar surface area (TPSA) is 152 Å². The highest BCUT2D eigenvalue weighted by atomic mass is 16.6. The lowest BCUT2D eigenvalue weighted by Crippen LogP contribution is -2.07. The molecule has 0 saturated heterocycles. The number of benzene rings is 1. The standard InChI is InChI=1S/C13H13N3O7/c1-3-23-13(20)11(7(2)17)15-14-9-5-4-8(12(18)19)6-10(9)16(21)22/h4-6,17H,3H2,1-2H3,(H,18,19). The average Bonchev–Trinajstić information content (AvgIpc) is 2.47. The van der Waals surface area contributed by atoms with Crippen molar-refractivity contribution in [2.24, 2.45) is 10.2 Å². The first kappa shape index (κ1) is 17.8. The zero-order chi connectivity index (χ0) is 17.6. The fourth-order valence-corrected chi connectivity index (χ4v) is 1.45. The third kappa shape index (κ3) is 4.59. The van der Waals surface area contributed by atoms with Crippen LogP contribution in [0.4, 0.5) is 11.4 Å². The Kier molecular flexibility index (Phi) is 5.89. The molecule has 0 fully saturated rings. The molecule has 0 atom stereocenters. The maximum Gasteiger partial charge on any atom is 0.362 e. The Morgan fingerprint density at radius 1 is 1.35 bits per heavy atom. The highest BCUT2D eigenvalue weighted by Crippen LogP contribution is 2.29. The molecule has 0 radical (unpaired) electrons. The summed E-state index contributed by atoms with van der Waals surface area (Å²) in [6, 6.07) is 2.99. The monoisotopic (exact) mass is 323 g/mol. The van der Waals surface area contributed by atoms with Crippen molar-refractivity contribution in [3.8, 4) is 0 Å². The van der Waals surface area contributed by atoms with Gasteiger partial charge in [-0.3, -0.25) is 10.1 Å². The van der Waals surface area contributed by atoms with Gasteiger partial charge in [0.25, 0.3) is 5.69 Å². The van der Waals surface area contributed by atoms with Crippen LogP contribution in [0.3, 0.4) is 0 Å². The molecule has 23 heavy (non-hydrogen) atoms. The molecule has 0 saturated carbocycles. The molecule has 122 valence electrons. The number of esters is 1. The summed E-state index contributed by atoms with van der Waals surface area (Å²) in [5.74, 6) is -2.76. The number of ether oxygens (including phenoxy) is 1. The number of aliphatic hydroxyl groups is 1. The molecule has 10 nitrogen and oxygen atoms in total. The van der Waals surface area contributed by atoms with E-state index in [0.29, 0.717) is 0 Å². The lowest BCUT2D eigenvalue weighted by molar-refractivity contribution is -0.384. The molecule has 0 bridgehead atoms. The first-order valence-corrected chi connectivity index (χ1v) is 6.28. The molecule has 0 unspecified atom stereocenters. The van der Waals surface area contributed by atoms with E-state index in [1.807, 2.05) is 0 Å². The number of nitrogens with zero attached hydrogens (tertiary/aromatic N) is 3. The molecule has 2 N–H and O–H groups in total. The predicted molar refractivity (Wildman–Crippen MR) is 76.5 cm³/mol. The Labute approximate surface area is 129 Å². The molecule has 0 amide bonds. The van der Waals surface area contributed by atoms with Crippen molar-refractivity contribution in [3.05, 3.63) is 45.3 Å². The smallest absolute Gasteiger partial charge is 0.362 e. The SMILES string of the molecule is CCOC(=O)C(N=Nc1ccc(C(=O)O)cc1[N+](=O)[O-])=C(C)O. The van der Waals surface area contributed by atoms with Crippen molar-refractivity contribution >= 4 is 23.3 Å². The summed E-state index contributed by atoms with van der Waals surface area (Å²) < 4.78 is 4.66. The lowest BCUT2D eigenvalue weighted by atomic mass is 10.2. The van der Waals surface area contributed by atoms with Gasteiger partial charge < -0.3 is 14.9 Å². The van der Waals surface area contributed by atoms with Crippen LogP contribution >= 0.6 is 0 Å². The zero-order valence-electron chi connectivity index (χ0n) is 12.2. The number of aromatic carboxylic acids is 1. The number of nitro groups is 1. The van der Waals surface area contributed by atoms with Crippen LogP contribution in [0.15, 0.2) is 39.9 Å². The number of carbonyl (C=O) groups excluding carboxylic acids is 1. The molecule has 10 heteroatoms. The van der Waals surface area contributed by atoms with Gasteiger partial charge in [0.1, 0.15) is 5.76 Å². The van der Waals surface area contributed by atoms with Gasteiger partial charge >= 0.3 is 11.9 Å². The van der Waals surface area contributed by atoms with E-state index in [1.54, 1.807) is 6.92 Å². The van der Waals surface area contributed by atoms with Crippen molar-refractivity contribution in [1.29, 1.82) is 0 Å². The fourth-order valence-electron chi connectivity index (χ4n) is 1.45. The number of hydrogen-bond donors (Lipinski definition) is 2. The molecular weight excluding hydrogens is 310 g/mol. The van der Waals surface area contributed by atoms with Crippen LogP contribution in [0.5, 0.6) is 0 Å². The Hall–Kier alpha value is -3.30. The molecule has 0 heterocycles. The first-order valence-electron chi connectivity index (χ1n) is 6.28. The van der Waals surface area contributed by atoms with E-state index in [0.717, 1.165) is 18.2 Å². The van der Waals surface area contributed by atoms with Gasteiger partial charge in [0, 0.05) is 6.07 Å². The van der Waals surface area contributed by atoms with Gasteiger partial charge in [0.2, 0.25) is 5.70 Å². The molecule has 0 aromatic heterocycles. The van der Waals surface area contributed by atoms with Crippen molar-refractivity contribution in [2.75, 3.05) is 6.61 Å². The highest BCUT2D eigenvalue weighted by molar-refractivity contribution is 5.90. The van der Waals surface area contributed by atoms with Crippen LogP contribution in [0.25, 0.3) is 0 Å². The van der Waals surface area contributed by atoms with Gasteiger partial charge in [-0.05, 0) is 26.0 Å². The number of hydrogen-bond acceptors (Lipinski definition) is 8. The van der Waals surface area contributed by atoms with E-state index < -0.39 is 34.0 Å². The van der Waals surface area contributed by atoms with Crippen LogP contribution in [0.1, 0.15) is 24.2 Å². The van der Waals surface area contributed by atoms with Gasteiger partial charge in [-0.25, -0.2) is 9.59 Å². The van der Waals surface area contributed by atoms with Crippen LogP contribution < -0.4 is 0 Å². The van der Waals surface area contributed by atoms with Crippen molar-refractivity contribution in [1.82, 2.24) is 0 Å². The van der Waals surface area contributed by atoms with E-state index in [2.05, 4.69) is 15.0 Å². The third-order valence-corrected chi connectivity index (χ3v) is 2.49. The Morgan fingerprint density at radius 3 is 2.48 bits per heavy atom. The number of aliphatic hydroxyl groups excluding tert-OH is 1.